The van der Waals surface area contributed by atoms with Crippen LogP contribution >= 0.6 is 0 Å². The van der Waals surface area contributed by atoms with Crippen molar-refractivity contribution in [1.29, 1.82) is 0 Å². The van der Waals surface area contributed by atoms with Crippen molar-refractivity contribution in [2.75, 3.05) is 0 Å². The molecule has 0 N–H and O–H groups in total. The molecule has 1 aliphatic rings. The van der Waals surface area contributed by atoms with Crippen LogP contribution < -0.4 is 0 Å². The van der Waals surface area contributed by atoms with E-state index in [0.717, 1.165) is 5.92 Å². The molecule has 1 rings (SSSR count). The van der Waals surface area contributed by atoms with Crippen molar-refractivity contribution in [2.24, 2.45) is 5.92 Å². The van der Waals surface area contributed by atoms with E-state index in [4.69, 9.17) is 0 Å². The first-order valence-electron chi connectivity index (χ1n) is 6.85. The van der Waals surface area contributed by atoms with Crippen LogP contribution in [0.15, 0.2) is 12.2 Å². The fourth-order valence-electron chi connectivity index (χ4n) is 2.43. The van der Waals surface area contributed by atoms with E-state index in [1.165, 1.54) is 38.5 Å². The molecule has 0 spiro atoms. The Hall–Kier alpha value is 0.283. The third kappa shape index (κ3) is 5.80. The average molecular weight is 268 g/mol. The molecule has 0 heterocycles. The predicted octanol–water partition coefficient (Wildman–Crippen LogP) is 5.05. The molecule has 1 aliphatic carbocycles. The first kappa shape index (κ1) is 13.3. The number of rotatable bonds is 8. The molecule has 15 heavy (non-hydrogen) atoms. The fraction of sp³-hybridized carbons (Fsp3) is 0.857. The summed E-state index contributed by atoms with van der Waals surface area (Å²) < 4.78 is 0. The van der Waals surface area contributed by atoms with E-state index in [2.05, 4.69) is 26.0 Å². The van der Waals surface area contributed by atoms with Crippen LogP contribution in [0.1, 0.15) is 52.4 Å². The molecule has 0 amide bonds. The number of allylic oxidation sites excluding steroid dienone is 2. The van der Waals surface area contributed by atoms with Gasteiger partial charge in [0.25, 0.3) is 0 Å². The zero-order chi connectivity index (χ0) is 10.9. The van der Waals surface area contributed by atoms with Gasteiger partial charge in [-0.1, -0.05) is 0 Å². The number of hydrogen-bond donors (Lipinski definition) is 0. The first-order chi connectivity index (χ1) is 7.36. The summed E-state index contributed by atoms with van der Waals surface area (Å²) in [6.45, 7) is 4.68. The summed E-state index contributed by atoms with van der Waals surface area (Å²) in [6, 6.07) is 0. The quantitative estimate of drug-likeness (QED) is 0.427. The van der Waals surface area contributed by atoms with E-state index < -0.39 is 14.3 Å². The van der Waals surface area contributed by atoms with Crippen LogP contribution in [0.25, 0.3) is 0 Å². The molecule has 0 aromatic heterocycles. The Labute approximate surface area is 101 Å². The van der Waals surface area contributed by atoms with Crippen molar-refractivity contribution < 1.29 is 0 Å². The van der Waals surface area contributed by atoms with Gasteiger partial charge in [-0.15, -0.1) is 0 Å². The molecule has 1 radical (unpaired) electrons. The van der Waals surface area contributed by atoms with Gasteiger partial charge in [0.1, 0.15) is 0 Å². The molecular formula is C14H27Ge. The molecule has 0 fully saturated rings. The van der Waals surface area contributed by atoms with E-state index >= 15 is 0 Å². The monoisotopic (exact) mass is 269 g/mol. The van der Waals surface area contributed by atoms with Gasteiger partial charge in [0.2, 0.25) is 0 Å². The minimum absolute atomic E-state index is 0.639. The van der Waals surface area contributed by atoms with Crippen LogP contribution in [-0.4, -0.2) is 14.3 Å². The van der Waals surface area contributed by atoms with Gasteiger partial charge >= 0.3 is 101 Å². The standard InChI is InChI=1S/C14H27Ge/c1-3-5-11-15(12-6-4-2)13-14-9-7-8-10-14/h7-8,14H,3-6,9-13H2,1-2H3. The summed E-state index contributed by atoms with van der Waals surface area (Å²) in [6.07, 6.45) is 13.4. The van der Waals surface area contributed by atoms with E-state index in [1.54, 1.807) is 15.8 Å². The van der Waals surface area contributed by atoms with Crippen molar-refractivity contribution in [3.05, 3.63) is 12.2 Å². The number of unbranched alkanes of at least 4 members (excludes halogenated alkanes) is 2. The molecule has 1 heteroatoms. The Balaban J connectivity index is 2.20. The van der Waals surface area contributed by atoms with Crippen LogP contribution in [0.4, 0.5) is 0 Å². The second-order valence-corrected chi connectivity index (χ2v) is 11.1. The maximum absolute atomic E-state index is 2.40. The zero-order valence-electron chi connectivity index (χ0n) is 10.6. The predicted molar refractivity (Wildman–Crippen MR) is 71.9 cm³/mol. The van der Waals surface area contributed by atoms with Crippen molar-refractivity contribution in [1.82, 2.24) is 0 Å². The van der Waals surface area contributed by atoms with Crippen LogP contribution in [0, 0.1) is 5.92 Å². The van der Waals surface area contributed by atoms with E-state index in [9.17, 15) is 0 Å². The first-order valence-corrected chi connectivity index (χ1v) is 11.3. The molecular weight excluding hydrogens is 241 g/mol. The normalized spacial score (nSPS) is 16.7. The van der Waals surface area contributed by atoms with Gasteiger partial charge in [0, 0.05) is 0 Å². The molecule has 0 nitrogen and oxygen atoms in total. The van der Waals surface area contributed by atoms with E-state index in [-0.39, 0.29) is 0 Å². The molecule has 0 aliphatic heterocycles. The third-order valence-corrected chi connectivity index (χ3v) is 10.3. The molecule has 87 valence electrons. The molecule has 0 atom stereocenters. The van der Waals surface area contributed by atoms with Crippen molar-refractivity contribution in [3.63, 3.8) is 0 Å². The van der Waals surface area contributed by atoms with Gasteiger partial charge in [0.15, 0.2) is 0 Å². The van der Waals surface area contributed by atoms with Crippen LogP contribution in [-0.2, 0) is 0 Å². The number of hydrogen-bond acceptors (Lipinski definition) is 0. The summed E-state index contributed by atoms with van der Waals surface area (Å²) in [7, 11) is 0. The molecule has 0 saturated heterocycles. The molecule has 0 aromatic rings. The Morgan fingerprint density at radius 2 is 1.53 bits per heavy atom. The second-order valence-electron chi connectivity index (χ2n) is 4.97. The summed E-state index contributed by atoms with van der Waals surface area (Å²) in [5, 5.41) is 4.95. The molecule has 0 unspecified atom stereocenters. The van der Waals surface area contributed by atoms with Crippen molar-refractivity contribution in [2.45, 2.75) is 68.1 Å². The SMILES string of the molecule is CCC[CH2][Ge]([CH2]CCC)[CH2]C1CC=CC1. The van der Waals surface area contributed by atoms with Gasteiger partial charge in [-0.3, -0.25) is 0 Å². The van der Waals surface area contributed by atoms with Gasteiger partial charge in [-0.05, 0) is 0 Å². The van der Waals surface area contributed by atoms with Gasteiger partial charge in [0.05, 0.1) is 0 Å². The van der Waals surface area contributed by atoms with Crippen molar-refractivity contribution in [3.8, 4) is 0 Å². The molecule has 0 aromatic carbocycles. The maximum atomic E-state index is 2.40. The average Bonchev–Trinajstić information content (AvgIpc) is 2.74. The summed E-state index contributed by atoms with van der Waals surface area (Å²) in [4.78, 5) is 0. The Morgan fingerprint density at radius 3 is 2.00 bits per heavy atom. The molecule has 0 bridgehead atoms. The second kappa shape index (κ2) is 8.44. The van der Waals surface area contributed by atoms with Gasteiger partial charge in [-0.25, -0.2) is 0 Å². The Morgan fingerprint density at radius 1 is 1.00 bits per heavy atom. The van der Waals surface area contributed by atoms with Crippen molar-refractivity contribution >= 4 is 14.3 Å². The zero-order valence-corrected chi connectivity index (χ0v) is 12.7. The Bertz CT molecular complexity index is 158. The van der Waals surface area contributed by atoms with E-state index in [0.29, 0.717) is 0 Å². The summed E-state index contributed by atoms with van der Waals surface area (Å²) in [5.41, 5.74) is 0. The topological polar surface area (TPSA) is 0 Å². The molecule has 0 saturated carbocycles. The van der Waals surface area contributed by atoms with Crippen LogP contribution in [0.3, 0.4) is 0 Å². The third-order valence-electron chi connectivity index (χ3n) is 3.45. The fourth-order valence-corrected chi connectivity index (χ4v) is 9.81. The summed E-state index contributed by atoms with van der Waals surface area (Å²) in [5.74, 6) is 1.06. The summed E-state index contributed by atoms with van der Waals surface area (Å²) >= 11 is -0.639. The van der Waals surface area contributed by atoms with Gasteiger partial charge < -0.3 is 0 Å². The van der Waals surface area contributed by atoms with Crippen LogP contribution in [0.2, 0.25) is 15.8 Å². The van der Waals surface area contributed by atoms with Gasteiger partial charge in [-0.2, -0.15) is 0 Å². The van der Waals surface area contributed by atoms with Crippen LogP contribution in [0.5, 0.6) is 0 Å². The van der Waals surface area contributed by atoms with E-state index in [1.807, 2.05) is 0 Å². The minimum atomic E-state index is -0.639. The Kier molecular flexibility index (Phi) is 7.51.